The van der Waals surface area contributed by atoms with Gasteiger partial charge in [-0.25, -0.2) is 0 Å². The maximum absolute atomic E-state index is 12.6. The minimum atomic E-state index is -0.627. The molecule has 0 unspecified atom stereocenters. The maximum atomic E-state index is 12.6. The molecule has 2 aliphatic heterocycles. The number of benzene rings is 2. The second kappa shape index (κ2) is 11.1. The number of hydrogen-bond donors (Lipinski definition) is 2. The van der Waals surface area contributed by atoms with E-state index in [0.29, 0.717) is 12.2 Å². The molecule has 176 valence electrons. The van der Waals surface area contributed by atoms with Gasteiger partial charge in [-0.3, -0.25) is 14.5 Å². The molecule has 0 saturated carbocycles. The predicted octanol–water partition coefficient (Wildman–Crippen LogP) is 4.07. The zero-order valence-electron chi connectivity index (χ0n) is 19.6. The van der Waals surface area contributed by atoms with Crippen molar-refractivity contribution in [3.8, 4) is 0 Å². The molecule has 0 spiro atoms. The molecular weight excluding hydrogens is 432 g/mol. The lowest BCUT2D eigenvalue weighted by molar-refractivity contribution is -0.136. The highest BCUT2D eigenvalue weighted by atomic mass is 32.2. The molecule has 0 radical (unpaired) electrons. The third-order valence-corrected chi connectivity index (χ3v) is 7.39. The van der Waals surface area contributed by atoms with Crippen LogP contribution in [0.4, 0.5) is 11.4 Å². The Bertz CT molecular complexity index is 990. The van der Waals surface area contributed by atoms with Crippen LogP contribution in [0.2, 0.25) is 0 Å². The van der Waals surface area contributed by atoms with Crippen LogP contribution in [0, 0.1) is 0 Å². The second-order valence-electron chi connectivity index (χ2n) is 8.92. The van der Waals surface area contributed by atoms with Crippen molar-refractivity contribution in [2.24, 2.45) is 0 Å². The van der Waals surface area contributed by atoms with Gasteiger partial charge >= 0.3 is 11.8 Å². The van der Waals surface area contributed by atoms with E-state index in [-0.39, 0.29) is 6.04 Å². The monoisotopic (exact) mass is 466 g/mol. The summed E-state index contributed by atoms with van der Waals surface area (Å²) < 4.78 is 0. The minimum Gasteiger partial charge on any atom is -0.374 e. The third-order valence-electron chi connectivity index (χ3n) is 6.66. The summed E-state index contributed by atoms with van der Waals surface area (Å²) in [6.45, 7) is 3.55. The Morgan fingerprint density at radius 2 is 1.82 bits per heavy atom. The van der Waals surface area contributed by atoms with Gasteiger partial charge < -0.3 is 15.5 Å². The van der Waals surface area contributed by atoms with E-state index in [0.717, 1.165) is 37.4 Å². The molecule has 0 bridgehead atoms. The summed E-state index contributed by atoms with van der Waals surface area (Å²) in [7, 11) is 2.15. The summed E-state index contributed by atoms with van der Waals surface area (Å²) in [6, 6.07) is 14.3. The van der Waals surface area contributed by atoms with E-state index in [1.807, 2.05) is 24.5 Å². The van der Waals surface area contributed by atoms with Crippen molar-refractivity contribution in [3.63, 3.8) is 0 Å². The highest BCUT2D eigenvalue weighted by molar-refractivity contribution is 7.98. The summed E-state index contributed by atoms with van der Waals surface area (Å²) in [5.41, 5.74) is 4.53. The van der Waals surface area contributed by atoms with Crippen LogP contribution < -0.4 is 15.5 Å². The molecule has 2 N–H and O–H groups in total. The summed E-state index contributed by atoms with van der Waals surface area (Å²) in [5, 5.41) is 5.63. The van der Waals surface area contributed by atoms with Crippen molar-refractivity contribution in [1.29, 1.82) is 0 Å². The van der Waals surface area contributed by atoms with Crippen molar-refractivity contribution in [3.05, 3.63) is 53.6 Å². The Morgan fingerprint density at radius 1 is 1.00 bits per heavy atom. The quantitative estimate of drug-likeness (QED) is 0.496. The predicted molar refractivity (Wildman–Crippen MR) is 136 cm³/mol. The Labute approximate surface area is 201 Å². The van der Waals surface area contributed by atoms with Crippen molar-refractivity contribution in [1.82, 2.24) is 10.2 Å². The fraction of sp³-hybridized carbons (Fsp3) is 0.462. The van der Waals surface area contributed by atoms with Gasteiger partial charge in [0.2, 0.25) is 0 Å². The second-order valence-corrected chi connectivity index (χ2v) is 9.80. The molecule has 2 heterocycles. The van der Waals surface area contributed by atoms with Gasteiger partial charge in [0, 0.05) is 36.4 Å². The van der Waals surface area contributed by atoms with Crippen LogP contribution in [0.1, 0.15) is 42.9 Å². The van der Waals surface area contributed by atoms with Gasteiger partial charge in [0.15, 0.2) is 0 Å². The van der Waals surface area contributed by atoms with Crippen LogP contribution in [-0.4, -0.2) is 56.2 Å². The van der Waals surface area contributed by atoms with Gasteiger partial charge in [0.25, 0.3) is 0 Å². The first kappa shape index (κ1) is 23.6. The van der Waals surface area contributed by atoms with Crippen LogP contribution >= 0.6 is 11.8 Å². The van der Waals surface area contributed by atoms with Crippen molar-refractivity contribution < 1.29 is 9.59 Å². The molecule has 1 atom stereocenters. The number of thioether (sulfide) groups is 1. The molecule has 0 aromatic heterocycles. The lowest BCUT2D eigenvalue weighted by atomic mass is 9.95. The number of anilines is 2. The maximum Gasteiger partial charge on any atom is 0.313 e. The molecule has 1 saturated heterocycles. The Kier molecular flexibility index (Phi) is 7.93. The third kappa shape index (κ3) is 5.89. The number of carbonyl (C=O) groups excluding carboxylic acids is 2. The fourth-order valence-electron chi connectivity index (χ4n) is 4.86. The topological polar surface area (TPSA) is 64.7 Å². The molecule has 1 fully saturated rings. The number of aryl methyl sites for hydroxylation is 1. The molecule has 6 nitrogen and oxygen atoms in total. The molecule has 0 aliphatic carbocycles. The summed E-state index contributed by atoms with van der Waals surface area (Å²) >= 11 is 1.60. The first-order valence-electron chi connectivity index (χ1n) is 11.9. The smallest absolute Gasteiger partial charge is 0.313 e. The van der Waals surface area contributed by atoms with Crippen molar-refractivity contribution in [2.75, 3.05) is 49.7 Å². The number of fused-ring (bicyclic) bond motifs is 1. The highest BCUT2D eigenvalue weighted by Crippen LogP contribution is 2.31. The van der Waals surface area contributed by atoms with Crippen LogP contribution in [0.5, 0.6) is 0 Å². The van der Waals surface area contributed by atoms with E-state index in [4.69, 9.17) is 0 Å². The number of likely N-dealkylation sites (tertiary alicyclic amines) is 1. The SMILES string of the molecule is CSc1cccc(NC(=O)C(=O)NC[C@@H](c2ccc3c(c2)CCCN3C)N2CCCCC2)c1. The molecule has 2 amide bonds. The highest BCUT2D eigenvalue weighted by Gasteiger charge is 2.26. The Balaban J connectivity index is 1.45. The van der Waals surface area contributed by atoms with E-state index >= 15 is 0 Å². The van der Waals surface area contributed by atoms with E-state index in [1.165, 1.54) is 36.1 Å². The number of carbonyl (C=O) groups is 2. The first-order valence-corrected chi connectivity index (χ1v) is 13.1. The molecular formula is C26H34N4O2S. The van der Waals surface area contributed by atoms with Crippen LogP contribution in [-0.2, 0) is 16.0 Å². The van der Waals surface area contributed by atoms with Gasteiger partial charge in [0.05, 0.1) is 6.04 Å². The zero-order valence-corrected chi connectivity index (χ0v) is 20.4. The van der Waals surface area contributed by atoms with E-state index < -0.39 is 11.8 Å². The van der Waals surface area contributed by atoms with Gasteiger partial charge in [-0.1, -0.05) is 24.6 Å². The molecule has 2 aromatic rings. The number of rotatable bonds is 6. The van der Waals surface area contributed by atoms with Gasteiger partial charge in [-0.2, -0.15) is 0 Å². The van der Waals surface area contributed by atoms with Crippen molar-refractivity contribution >= 4 is 35.0 Å². The standard InChI is InChI=1S/C26H34N4O2S/c1-29-13-7-8-19-16-20(11-12-23(19)29)24(30-14-4-3-5-15-30)18-27-25(31)26(32)28-21-9-6-10-22(17-21)33-2/h6,9-12,16-17,24H,3-5,7-8,13-15,18H2,1-2H3,(H,27,31)(H,28,32)/t24-/m0/s1. The molecule has 7 heteroatoms. The lowest BCUT2D eigenvalue weighted by Crippen LogP contribution is -2.43. The van der Waals surface area contributed by atoms with Crippen LogP contribution in [0.3, 0.4) is 0 Å². The Morgan fingerprint density at radius 3 is 2.61 bits per heavy atom. The average molecular weight is 467 g/mol. The average Bonchev–Trinajstić information content (AvgIpc) is 2.85. The molecule has 33 heavy (non-hydrogen) atoms. The zero-order chi connectivity index (χ0) is 23.2. The van der Waals surface area contributed by atoms with Crippen LogP contribution in [0.15, 0.2) is 47.4 Å². The molecule has 2 aromatic carbocycles. The van der Waals surface area contributed by atoms with E-state index in [1.54, 1.807) is 17.8 Å². The number of nitrogens with one attached hydrogen (secondary N) is 2. The molecule has 2 aliphatic rings. The van der Waals surface area contributed by atoms with Gasteiger partial charge in [-0.15, -0.1) is 11.8 Å². The summed E-state index contributed by atoms with van der Waals surface area (Å²) in [6.07, 6.45) is 7.82. The first-order chi connectivity index (χ1) is 16.0. The number of amides is 2. The number of hydrogen-bond acceptors (Lipinski definition) is 5. The van der Waals surface area contributed by atoms with Crippen LogP contribution in [0.25, 0.3) is 0 Å². The van der Waals surface area contributed by atoms with E-state index in [9.17, 15) is 9.59 Å². The summed E-state index contributed by atoms with van der Waals surface area (Å²) in [5.74, 6) is -1.22. The number of nitrogens with zero attached hydrogens (tertiary/aromatic N) is 2. The lowest BCUT2D eigenvalue weighted by Gasteiger charge is -2.36. The van der Waals surface area contributed by atoms with Gasteiger partial charge in [0.1, 0.15) is 0 Å². The summed E-state index contributed by atoms with van der Waals surface area (Å²) in [4.78, 5) is 31.0. The minimum absolute atomic E-state index is 0.0689. The van der Waals surface area contributed by atoms with Crippen molar-refractivity contribution in [2.45, 2.75) is 43.0 Å². The normalized spacial score (nSPS) is 17.2. The molecule has 4 rings (SSSR count). The largest absolute Gasteiger partial charge is 0.374 e. The van der Waals surface area contributed by atoms with Gasteiger partial charge in [-0.05, 0) is 80.4 Å². The fourth-order valence-corrected chi connectivity index (χ4v) is 5.32. The number of piperidine rings is 1. The Hall–Kier alpha value is -2.51. The van der Waals surface area contributed by atoms with E-state index in [2.05, 4.69) is 45.7 Å².